The third-order valence-corrected chi connectivity index (χ3v) is 5.05. The van der Waals surface area contributed by atoms with Gasteiger partial charge in [0.1, 0.15) is 17.7 Å². The number of nitrogens with zero attached hydrogens (tertiary/aromatic N) is 1. The lowest BCUT2D eigenvalue weighted by Crippen LogP contribution is -2.38. The van der Waals surface area contributed by atoms with Gasteiger partial charge < -0.3 is 10.1 Å². The topological polar surface area (TPSA) is 51.2 Å². The molecule has 1 aromatic heterocycles. The number of rotatable bonds is 4. The first kappa shape index (κ1) is 16.8. The highest BCUT2D eigenvalue weighted by atomic mass is 19.1. The quantitative estimate of drug-likeness (QED) is 0.855. The van der Waals surface area contributed by atoms with Crippen LogP contribution in [0.15, 0.2) is 48.8 Å². The lowest BCUT2D eigenvalue weighted by atomic mass is 9.93. The molecule has 1 aromatic carbocycles. The summed E-state index contributed by atoms with van der Waals surface area (Å²) < 4.78 is 20.3. The van der Waals surface area contributed by atoms with Crippen molar-refractivity contribution in [3.05, 3.63) is 60.2 Å². The van der Waals surface area contributed by atoms with E-state index in [4.69, 9.17) is 4.74 Å². The van der Waals surface area contributed by atoms with Crippen molar-refractivity contribution in [3.63, 3.8) is 0 Å². The molecule has 0 bridgehead atoms. The van der Waals surface area contributed by atoms with Crippen LogP contribution < -0.4 is 10.1 Å². The van der Waals surface area contributed by atoms with Crippen molar-refractivity contribution in [1.29, 1.82) is 0 Å². The predicted octanol–water partition coefficient (Wildman–Crippen LogP) is 3.66. The van der Waals surface area contributed by atoms with E-state index < -0.39 is 0 Å². The number of hydrogen-bond donors (Lipinski definition) is 1. The summed E-state index contributed by atoms with van der Waals surface area (Å²) >= 11 is 0. The minimum atomic E-state index is -0.260. The summed E-state index contributed by atoms with van der Waals surface area (Å²) in [4.78, 5) is 16.3. The van der Waals surface area contributed by atoms with E-state index in [1.54, 1.807) is 18.5 Å². The van der Waals surface area contributed by atoms with Crippen molar-refractivity contribution in [1.82, 2.24) is 10.3 Å². The highest BCUT2D eigenvalue weighted by Crippen LogP contribution is 2.40. The van der Waals surface area contributed by atoms with E-state index >= 15 is 0 Å². The van der Waals surface area contributed by atoms with E-state index in [9.17, 15) is 9.18 Å². The molecule has 0 radical (unpaired) electrons. The fourth-order valence-corrected chi connectivity index (χ4v) is 3.63. The fraction of sp³-hybridized carbons (Fsp3) is 0.333. The first-order chi connectivity index (χ1) is 12.7. The molecule has 0 saturated carbocycles. The summed E-state index contributed by atoms with van der Waals surface area (Å²) in [6.07, 6.45) is 10.4. The average Bonchev–Trinajstić information content (AvgIpc) is 3.13. The normalized spacial score (nSPS) is 21.1. The molecular formula is C21H21FN2O2. The molecule has 134 valence electrons. The van der Waals surface area contributed by atoms with Gasteiger partial charge in [0.25, 0.3) is 0 Å². The van der Waals surface area contributed by atoms with Gasteiger partial charge in [-0.2, -0.15) is 0 Å². The molecule has 2 heterocycles. The van der Waals surface area contributed by atoms with Crippen LogP contribution in [0, 0.1) is 11.7 Å². The Morgan fingerprint density at radius 1 is 1.23 bits per heavy atom. The Labute approximate surface area is 152 Å². The smallest absolute Gasteiger partial charge is 0.223 e. The average molecular weight is 352 g/mol. The van der Waals surface area contributed by atoms with Crippen molar-refractivity contribution in [2.24, 2.45) is 5.92 Å². The number of carbonyl (C=O) groups is 1. The van der Waals surface area contributed by atoms with Crippen molar-refractivity contribution >= 4 is 5.91 Å². The molecule has 4 rings (SSSR count). The number of amides is 1. The standard InChI is InChI=1S/C21H21FN2O2/c22-19-7-6-17(14-8-10-23-11-9-14)20-18(19)12-16(26-20)13-24-21(25)15-4-2-1-3-5-15/h1-2,6-11,15-16H,3-5,12-13H2,(H,24,25)/t15-,16-/m0/s1. The van der Waals surface area contributed by atoms with Crippen molar-refractivity contribution < 1.29 is 13.9 Å². The maximum atomic E-state index is 14.3. The third kappa shape index (κ3) is 3.34. The van der Waals surface area contributed by atoms with Gasteiger partial charge in [0.15, 0.2) is 0 Å². The lowest BCUT2D eigenvalue weighted by molar-refractivity contribution is -0.125. The van der Waals surface area contributed by atoms with Crippen LogP contribution in [0.1, 0.15) is 24.8 Å². The molecule has 5 heteroatoms. The van der Waals surface area contributed by atoms with E-state index in [2.05, 4.69) is 22.5 Å². The summed E-state index contributed by atoms with van der Waals surface area (Å²) in [6, 6.07) is 6.97. The minimum absolute atomic E-state index is 0.0351. The van der Waals surface area contributed by atoms with E-state index in [0.717, 1.165) is 30.4 Å². The Balaban J connectivity index is 1.46. The largest absolute Gasteiger partial charge is 0.487 e. The molecule has 0 saturated heterocycles. The Hall–Kier alpha value is -2.69. The molecule has 1 amide bonds. The third-order valence-electron chi connectivity index (χ3n) is 5.05. The minimum Gasteiger partial charge on any atom is -0.487 e. The molecular weight excluding hydrogens is 331 g/mol. The van der Waals surface area contributed by atoms with Crippen LogP contribution in [0.2, 0.25) is 0 Å². The first-order valence-electron chi connectivity index (χ1n) is 9.03. The second-order valence-corrected chi connectivity index (χ2v) is 6.81. The highest BCUT2D eigenvalue weighted by Gasteiger charge is 2.29. The molecule has 2 aliphatic rings. The first-order valence-corrected chi connectivity index (χ1v) is 9.03. The summed E-state index contributed by atoms with van der Waals surface area (Å²) in [5.74, 6) is 0.414. The number of hydrogen-bond acceptors (Lipinski definition) is 3. The summed E-state index contributed by atoms with van der Waals surface area (Å²) in [5, 5.41) is 2.98. The maximum Gasteiger partial charge on any atom is 0.223 e. The number of benzene rings is 1. The number of ether oxygens (including phenoxy) is 1. The Bertz CT molecular complexity index is 835. The SMILES string of the molecule is O=C(NC[C@@H]1Cc2c(F)ccc(-c3ccncc3)c2O1)[C@H]1CC=CCC1. The molecule has 0 unspecified atom stereocenters. The molecule has 2 atom stereocenters. The zero-order chi connectivity index (χ0) is 17.9. The van der Waals surface area contributed by atoms with Crippen LogP contribution in [0.5, 0.6) is 5.75 Å². The molecule has 26 heavy (non-hydrogen) atoms. The number of nitrogens with one attached hydrogen (secondary N) is 1. The fourth-order valence-electron chi connectivity index (χ4n) is 3.63. The van der Waals surface area contributed by atoms with Crippen LogP contribution in [0.3, 0.4) is 0 Å². The summed E-state index contributed by atoms with van der Waals surface area (Å²) in [5.41, 5.74) is 2.38. The van der Waals surface area contributed by atoms with Gasteiger partial charge in [-0.1, -0.05) is 12.2 Å². The number of aromatic nitrogens is 1. The monoisotopic (exact) mass is 352 g/mol. The van der Waals surface area contributed by atoms with Gasteiger partial charge in [-0.05, 0) is 49.1 Å². The number of allylic oxidation sites excluding steroid dienone is 2. The number of halogens is 1. The van der Waals surface area contributed by atoms with Crippen LogP contribution >= 0.6 is 0 Å². The predicted molar refractivity (Wildman–Crippen MR) is 97.2 cm³/mol. The van der Waals surface area contributed by atoms with Gasteiger partial charge in [-0.15, -0.1) is 0 Å². The second kappa shape index (κ2) is 7.28. The molecule has 1 N–H and O–H groups in total. The van der Waals surface area contributed by atoms with E-state index in [1.807, 2.05) is 12.1 Å². The van der Waals surface area contributed by atoms with Gasteiger partial charge in [-0.25, -0.2) is 4.39 Å². The Kier molecular flexibility index (Phi) is 4.69. The zero-order valence-corrected chi connectivity index (χ0v) is 14.5. The molecule has 1 aliphatic heterocycles. The van der Waals surface area contributed by atoms with Crippen LogP contribution in [-0.4, -0.2) is 23.5 Å². The van der Waals surface area contributed by atoms with E-state index in [-0.39, 0.29) is 23.7 Å². The zero-order valence-electron chi connectivity index (χ0n) is 14.5. The highest BCUT2D eigenvalue weighted by molar-refractivity contribution is 5.79. The number of pyridine rings is 1. The molecule has 2 aromatic rings. The molecule has 0 spiro atoms. The number of fused-ring (bicyclic) bond motifs is 1. The number of carbonyl (C=O) groups excluding carboxylic acids is 1. The van der Waals surface area contributed by atoms with E-state index in [0.29, 0.717) is 24.3 Å². The van der Waals surface area contributed by atoms with E-state index in [1.165, 1.54) is 6.07 Å². The summed E-state index contributed by atoms with van der Waals surface area (Å²) in [7, 11) is 0. The van der Waals surface area contributed by atoms with Crippen molar-refractivity contribution in [2.45, 2.75) is 31.8 Å². The molecule has 1 aliphatic carbocycles. The molecule has 0 fully saturated rings. The second-order valence-electron chi connectivity index (χ2n) is 6.81. The van der Waals surface area contributed by atoms with Gasteiger partial charge in [0.2, 0.25) is 5.91 Å². The van der Waals surface area contributed by atoms with Crippen LogP contribution in [0.25, 0.3) is 11.1 Å². The summed E-state index contributed by atoms with van der Waals surface area (Å²) in [6.45, 7) is 0.392. The maximum absolute atomic E-state index is 14.3. The van der Waals surface area contributed by atoms with Crippen molar-refractivity contribution in [3.8, 4) is 16.9 Å². The van der Waals surface area contributed by atoms with Gasteiger partial charge in [0, 0.05) is 35.9 Å². The Morgan fingerprint density at radius 2 is 2.08 bits per heavy atom. The lowest BCUT2D eigenvalue weighted by Gasteiger charge is -2.19. The van der Waals surface area contributed by atoms with Crippen molar-refractivity contribution in [2.75, 3.05) is 6.54 Å². The van der Waals surface area contributed by atoms with Crippen LogP contribution in [-0.2, 0) is 11.2 Å². The van der Waals surface area contributed by atoms with Gasteiger partial charge in [-0.3, -0.25) is 9.78 Å². The van der Waals surface area contributed by atoms with Crippen LogP contribution in [0.4, 0.5) is 4.39 Å². The molecule has 4 nitrogen and oxygen atoms in total. The Morgan fingerprint density at radius 3 is 2.85 bits per heavy atom. The van der Waals surface area contributed by atoms with Gasteiger partial charge in [0.05, 0.1) is 6.54 Å². The van der Waals surface area contributed by atoms with Gasteiger partial charge >= 0.3 is 0 Å².